The number of amides is 3. The Bertz CT molecular complexity index is 1160. The summed E-state index contributed by atoms with van der Waals surface area (Å²) in [5, 5.41) is 4.60. The Hall–Kier alpha value is -3.81. The number of benzene rings is 1. The normalized spacial score (nSPS) is 18.5. The number of carbonyl (C=O) groups is 3. The smallest absolute Gasteiger partial charge is 0.313 e. The lowest BCUT2D eigenvalue weighted by Crippen LogP contribution is -2.46. The molecule has 2 unspecified atom stereocenters. The second kappa shape index (κ2) is 8.51. The summed E-state index contributed by atoms with van der Waals surface area (Å²) in [4.78, 5) is 46.8. The van der Waals surface area contributed by atoms with E-state index in [2.05, 4.69) is 28.3 Å². The zero-order chi connectivity index (χ0) is 22.0. The van der Waals surface area contributed by atoms with Crippen molar-refractivity contribution in [1.82, 2.24) is 14.9 Å². The number of piperidine rings is 1. The zero-order valence-electron chi connectivity index (χ0n) is 17.1. The molecular weight excluding hydrogens is 394 g/mol. The van der Waals surface area contributed by atoms with E-state index in [9.17, 15) is 14.4 Å². The van der Waals surface area contributed by atoms with E-state index in [4.69, 9.17) is 5.73 Å². The molecule has 0 aliphatic carbocycles. The first-order valence-corrected chi connectivity index (χ1v) is 10.1. The summed E-state index contributed by atoms with van der Waals surface area (Å²) in [5.41, 5.74) is 6.64. The van der Waals surface area contributed by atoms with Crippen molar-refractivity contribution in [3.05, 3.63) is 66.2 Å². The summed E-state index contributed by atoms with van der Waals surface area (Å²) >= 11 is 0. The SMILES string of the molecule is CC1CCC(c2ccc3cnccc3c2)N(C(=O)C(=O)Nc2cncc(C(N)=O)c2)C1. The Kier molecular flexibility index (Phi) is 5.62. The molecule has 3 amide bonds. The Labute approximate surface area is 179 Å². The number of anilines is 1. The highest BCUT2D eigenvalue weighted by molar-refractivity contribution is 6.39. The second-order valence-corrected chi connectivity index (χ2v) is 7.92. The number of nitrogens with one attached hydrogen (secondary N) is 1. The Morgan fingerprint density at radius 3 is 2.68 bits per heavy atom. The molecule has 1 aromatic carbocycles. The molecule has 1 saturated heterocycles. The van der Waals surface area contributed by atoms with E-state index in [0.29, 0.717) is 6.54 Å². The quantitative estimate of drug-likeness (QED) is 0.635. The number of fused-ring (bicyclic) bond motifs is 1. The van der Waals surface area contributed by atoms with Crippen LogP contribution in [-0.4, -0.2) is 39.1 Å². The third-order valence-electron chi connectivity index (χ3n) is 5.60. The molecule has 1 aliphatic rings. The van der Waals surface area contributed by atoms with Gasteiger partial charge in [0, 0.05) is 30.5 Å². The second-order valence-electron chi connectivity index (χ2n) is 7.92. The molecule has 8 heteroatoms. The van der Waals surface area contributed by atoms with Crippen molar-refractivity contribution in [3.8, 4) is 0 Å². The van der Waals surface area contributed by atoms with Crippen LogP contribution in [-0.2, 0) is 9.59 Å². The van der Waals surface area contributed by atoms with Gasteiger partial charge < -0.3 is 16.0 Å². The molecule has 1 aliphatic heterocycles. The molecule has 0 bridgehead atoms. The molecule has 2 aromatic heterocycles. The number of likely N-dealkylation sites (tertiary alicyclic amines) is 1. The van der Waals surface area contributed by atoms with Gasteiger partial charge in [-0.05, 0) is 47.9 Å². The van der Waals surface area contributed by atoms with E-state index >= 15 is 0 Å². The first kappa shape index (κ1) is 20.5. The number of hydrogen-bond donors (Lipinski definition) is 2. The highest BCUT2D eigenvalue weighted by atomic mass is 16.2. The summed E-state index contributed by atoms with van der Waals surface area (Å²) in [6, 6.07) is 9.16. The van der Waals surface area contributed by atoms with Crippen LogP contribution in [0, 0.1) is 5.92 Å². The highest BCUT2D eigenvalue weighted by Crippen LogP contribution is 2.34. The monoisotopic (exact) mass is 417 g/mol. The maximum atomic E-state index is 13.1. The summed E-state index contributed by atoms with van der Waals surface area (Å²) in [7, 11) is 0. The van der Waals surface area contributed by atoms with Crippen LogP contribution in [0.5, 0.6) is 0 Å². The van der Waals surface area contributed by atoms with Crippen molar-refractivity contribution in [2.45, 2.75) is 25.8 Å². The molecule has 3 aromatic rings. The molecule has 0 spiro atoms. The molecule has 0 radical (unpaired) electrons. The largest absolute Gasteiger partial charge is 0.366 e. The van der Waals surface area contributed by atoms with Gasteiger partial charge in [0.1, 0.15) is 0 Å². The van der Waals surface area contributed by atoms with Crippen LogP contribution < -0.4 is 11.1 Å². The summed E-state index contributed by atoms with van der Waals surface area (Å²) < 4.78 is 0. The highest BCUT2D eigenvalue weighted by Gasteiger charge is 2.34. The van der Waals surface area contributed by atoms with Crippen LogP contribution in [0.3, 0.4) is 0 Å². The molecule has 1 fully saturated rings. The predicted molar refractivity (Wildman–Crippen MR) is 116 cm³/mol. The average Bonchev–Trinajstić information content (AvgIpc) is 2.78. The van der Waals surface area contributed by atoms with Gasteiger partial charge in [-0.2, -0.15) is 0 Å². The third kappa shape index (κ3) is 4.37. The number of pyridine rings is 2. The van der Waals surface area contributed by atoms with Gasteiger partial charge in [0.2, 0.25) is 5.91 Å². The number of aromatic nitrogens is 2. The van der Waals surface area contributed by atoms with Crippen molar-refractivity contribution in [2.24, 2.45) is 11.7 Å². The summed E-state index contributed by atoms with van der Waals surface area (Å²) in [5.74, 6) is -1.76. The van der Waals surface area contributed by atoms with Gasteiger partial charge >= 0.3 is 11.8 Å². The van der Waals surface area contributed by atoms with E-state index in [-0.39, 0.29) is 23.2 Å². The molecule has 2 atom stereocenters. The minimum atomic E-state index is -0.771. The molecule has 3 N–H and O–H groups in total. The lowest BCUT2D eigenvalue weighted by Gasteiger charge is -2.38. The zero-order valence-corrected chi connectivity index (χ0v) is 17.1. The van der Waals surface area contributed by atoms with Gasteiger partial charge in [-0.15, -0.1) is 0 Å². The van der Waals surface area contributed by atoms with E-state index < -0.39 is 17.7 Å². The maximum Gasteiger partial charge on any atom is 0.313 e. The molecular formula is C23H23N5O3. The first-order valence-electron chi connectivity index (χ1n) is 10.1. The van der Waals surface area contributed by atoms with Crippen LogP contribution in [0.2, 0.25) is 0 Å². The van der Waals surface area contributed by atoms with Crippen molar-refractivity contribution in [2.75, 3.05) is 11.9 Å². The Morgan fingerprint density at radius 1 is 1.03 bits per heavy atom. The maximum absolute atomic E-state index is 13.1. The van der Waals surface area contributed by atoms with Gasteiger partial charge in [0.15, 0.2) is 0 Å². The molecule has 3 heterocycles. The van der Waals surface area contributed by atoms with Crippen LogP contribution in [0.4, 0.5) is 5.69 Å². The van der Waals surface area contributed by atoms with Crippen molar-refractivity contribution >= 4 is 34.2 Å². The van der Waals surface area contributed by atoms with Crippen molar-refractivity contribution in [1.29, 1.82) is 0 Å². The number of carbonyl (C=O) groups excluding carboxylic acids is 3. The lowest BCUT2D eigenvalue weighted by atomic mass is 9.89. The minimum absolute atomic E-state index is 0.153. The first-order chi connectivity index (χ1) is 14.9. The Balaban J connectivity index is 1.58. The molecule has 8 nitrogen and oxygen atoms in total. The number of rotatable bonds is 3. The van der Waals surface area contributed by atoms with Gasteiger partial charge in [0.25, 0.3) is 0 Å². The molecule has 158 valence electrons. The molecule has 4 rings (SSSR count). The minimum Gasteiger partial charge on any atom is -0.366 e. The molecule has 0 saturated carbocycles. The summed E-state index contributed by atoms with van der Waals surface area (Å²) in [6.07, 6.45) is 7.94. The van der Waals surface area contributed by atoms with Crippen LogP contribution in [0.1, 0.15) is 41.7 Å². The van der Waals surface area contributed by atoms with Gasteiger partial charge in [-0.25, -0.2) is 0 Å². The third-order valence-corrected chi connectivity index (χ3v) is 5.60. The number of nitrogens with two attached hydrogens (primary N) is 1. The van der Waals surface area contributed by atoms with E-state index in [1.807, 2.05) is 18.2 Å². The average molecular weight is 417 g/mol. The van der Waals surface area contributed by atoms with Gasteiger partial charge in [-0.3, -0.25) is 24.4 Å². The number of hydrogen-bond acceptors (Lipinski definition) is 5. The van der Waals surface area contributed by atoms with E-state index in [1.54, 1.807) is 17.3 Å². The number of nitrogens with zero attached hydrogens (tertiary/aromatic N) is 3. The van der Waals surface area contributed by atoms with Gasteiger partial charge in [0.05, 0.1) is 23.5 Å². The fourth-order valence-corrected chi connectivity index (χ4v) is 3.99. The number of primary amides is 1. The lowest BCUT2D eigenvalue weighted by molar-refractivity contribution is -0.146. The predicted octanol–water partition coefficient (Wildman–Crippen LogP) is 2.67. The van der Waals surface area contributed by atoms with Crippen LogP contribution in [0.15, 0.2) is 55.1 Å². The van der Waals surface area contributed by atoms with Crippen LogP contribution in [0.25, 0.3) is 10.8 Å². The standard InChI is InChI=1S/C23H23N5O3/c1-14-2-5-20(16-3-4-17-10-25-7-6-15(17)8-16)28(13-14)23(31)22(30)27-19-9-18(21(24)29)11-26-12-19/h3-4,6-12,14,20H,2,5,13H2,1H3,(H2,24,29)(H,27,30). The van der Waals surface area contributed by atoms with Gasteiger partial charge in [-0.1, -0.05) is 19.1 Å². The molecule has 31 heavy (non-hydrogen) atoms. The summed E-state index contributed by atoms with van der Waals surface area (Å²) in [6.45, 7) is 2.56. The topological polar surface area (TPSA) is 118 Å². The van der Waals surface area contributed by atoms with Crippen LogP contribution >= 0.6 is 0 Å². The van der Waals surface area contributed by atoms with Crippen molar-refractivity contribution in [3.63, 3.8) is 0 Å². The van der Waals surface area contributed by atoms with E-state index in [0.717, 1.165) is 29.2 Å². The fourth-order valence-electron chi connectivity index (χ4n) is 3.99. The van der Waals surface area contributed by atoms with Crippen molar-refractivity contribution < 1.29 is 14.4 Å². The fraction of sp³-hybridized carbons (Fsp3) is 0.261. The van der Waals surface area contributed by atoms with E-state index in [1.165, 1.54) is 18.5 Å². The Morgan fingerprint density at radius 2 is 1.87 bits per heavy atom.